The second-order valence-electron chi connectivity index (χ2n) is 6.61. The zero-order valence-electron chi connectivity index (χ0n) is 13.9. The van der Waals surface area contributed by atoms with Crippen LogP contribution in [0.3, 0.4) is 0 Å². The average Bonchev–Trinajstić information content (AvgIpc) is 3.00. The van der Waals surface area contributed by atoms with Gasteiger partial charge >= 0.3 is 5.97 Å². The van der Waals surface area contributed by atoms with Gasteiger partial charge in [-0.25, -0.2) is 4.79 Å². The van der Waals surface area contributed by atoms with Crippen LogP contribution in [0.15, 0.2) is 12.1 Å². The minimum Gasteiger partial charge on any atom is -0.480 e. The van der Waals surface area contributed by atoms with Gasteiger partial charge in [0, 0.05) is 44.3 Å². The summed E-state index contributed by atoms with van der Waals surface area (Å²) in [6.45, 7) is 7.38. The number of carboxylic acids is 1. The molecule has 24 heavy (non-hydrogen) atoms. The van der Waals surface area contributed by atoms with E-state index < -0.39 is 12.0 Å². The quantitative estimate of drug-likeness (QED) is 0.870. The van der Waals surface area contributed by atoms with Crippen LogP contribution >= 0.6 is 11.6 Å². The van der Waals surface area contributed by atoms with Crippen LogP contribution in [0.2, 0.25) is 5.02 Å². The number of aliphatic carboxylic acids is 1. The zero-order valence-corrected chi connectivity index (χ0v) is 14.6. The lowest BCUT2D eigenvalue weighted by atomic mass is 10.0. The number of amides is 1. The summed E-state index contributed by atoms with van der Waals surface area (Å²) in [5.41, 5.74) is 1.88. The summed E-state index contributed by atoms with van der Waals surface area (Å²) in [5, 5.41) is 12.4. The zero-order chi connectivity index (χ0) is 17.4. The Kier molecular flexibility index (Phi) is 4.69. The molecule has 2 aliphatic heterocycles. The minimum atomic E-state index is -0.917. The molecule has 1 atom stereocenters. The minimum absolute atomic E-state index is 0.0787. The van der Waals surface area contributed by atoms with Crippen LogP contribution in [0.4, 0.5) is 5.69 Å². The molecule has 1 fully saturated rings. The molecule has 0 aliphatic carbocycles. The van der Waals surface area contributed by atoms with Crippen LogP contribution in [0.1, 0.15) is 29.8 Å². The lowest BCUT2D eigenvalue weighted by Gasteiger charge is -2.37. The number of carbonyl (C=O) groups excluding carboxylic acids is 1. The highest BCUT2D eigenvalue weighted by Gasteiger charge is 2.31. The van der Waals surface area contributed by atoms with Gasteiger partial charge in [0.05, 0.1) is 10.6 Å². The van der Waals surface area contributed by atoms with Crippen molar-refractivity contribution in [3.63, 3.8) is 0 Å². The van der Waals surface area contributed by atoms with Gasteiger partial charge in [-0.2, -0.15) is 0 Å². The normalized spacial score (nSPS) is 20.8. The van der Waals surface area contributed by atoms with Gasteiger partial charge in [0.1, 0.15) is 6.04 Å². The molecule has 1 unspecified atom stereocenters. The lowest BCUT2D eigenvalue weighted by Crippen LogP contribution is -2.50. The predicted octanol–water partition coefficient (Wildman–Crippen LogP) is 1.93. The molecule has 0 spiro atoms. The monoisotopic (exact) mass is 351 g/mol. The fraction of sp³-hybridized carbons (Fsp3) is 0.529. The molecular formula is C17H22ClN3O3. The highest BCUT2D eigenvalue weighted by Crippen LogP contribution is 2.35. The van der Waals surface area contributed by atoms with Gasteiger partial charge in [-0.15, -0.1) is 0 Å². The van der Waals surface area contributed by atoms with E-state index in [0.29, 0.717) is 41.8 Å². The first-order chi connectivity index (χ1) is 11.4. The molecule has 1 saturated heterocycles. The molecule has 2 aliphatic rings. The summed E-state index contributed by atoms with van der Waals surface area (Å²) in [7, 11) is 0. The standard InChI is InChI=1S/C17H22ClN3O3/c1-10(2)20-5-7-21(8-6-20)16(22)11-3-4-13-12(15(11)18)9-14(19-13)17(23)24/h3-4,10,14,19H,5-9H2,1-2H3,(H,23,24). The van der Waals surface area contributed by atoms with Gasteiger partial charge in [-0.05, 0) is 31.5 Å². The van der Waals surface area contributed by atoms with Gasteiger partial charge in [-0.1, -0.05) is 11.6 Å². The van der Waals surface area contributed by atoms with E-state index in [2.05, 4.69) is 24.1 Å². The van der Waals surface area contributed by atoms with Crippen LogP contribution in [0, 0.1) is 0 Å². The number of nitrogens with one attached hydrogen (secondary N) is 1. The van der Waals surface area contributed by atoms with Crippen molar-refractivity contribution < 1.29 is 14.7 Å². The van der Waals surface area contributed by atoms with Crippen LogP contribution in [-0.2, 0) is 11.2 Å². The second kappa shape index (κ2) is 6.61. The third-order valence-electron chi connectivity index (χ3n) is 4.84. The Morgan fingerprint density at radius 1 is 1.25 bits per heavy atom. The van der Waals surface area contributed by atoms with E-state index in [1.54, 1.807) is 12.1 Å². The first-order valence-electron chi connectivity index (χ1n) is 8.22. The topological polar surface area (TPSA) is 72.9 Å². The first kappa shape index (κ1) is 17.0. The van der Waals surface area contributed by atoms with Crippen molar-refractivity contribution >= 4 is 29.2 Å². The number of carboxylic acid groups (broad SMARTS) is 1. The molecular weight excluding hydrogens is 330 g/mol. The maximum absolute atomic E-state index is 12.8. The number of hydrogen-bond donors (Lipinski definition) is 2. The van der Waals surface area contributed by atoms with E-state index in [1.165, 1.54) is 0 Å². The number of anilines is 1. The molecule has 2 N–H and O–H groups in total. The van der Waals surface area contributed by atoms with Crippen LogP contribution in [0.5, 0.6) is 0 Å². The third kappa shape index (κ3) is 3.08. The van der Waals surface area contributed by atoms with E-state index in [9.17, 15) is 9.59 Å². The van der Waals surface area contributed by atoms with Gasteiger partial charge < -0.3 is 15.3 Å². The van der Waals surface area contributed by atoms with Crippen molar-refractivity contribution in [1.82, 2.24) is 9.80 Å². The summed E-state index contributed by atoms with van der Waals surface area (Å²) < 4.78 is 0. The first-order valence-corrected chi connectivity index (χ1v) is 8.60. The number of carbonyl (C=O) groups is 2. The number of hydrogen-bond acceptors (Lipinski definition) is 4. The second-order valence-corrected chi connectivity index (χ2v) is 6.99. The Hall–Kier alpha value is -1.79. The van der Waals surface area contributed by atoms with Crippen LogP contribution in [0.25, 0.3) is 0 Å². The number of nitrogens with zero attached hydrogens (tertiary/aromatic N) is 2. The Bertz CT molecular complexity index is 669. The molecule has 0 bridgehead atoms. The van der Waals surface area contributed by atoms with Crippen molar-refractivity contribution in [3.05, 3.63) is 28.3 Å². The fourth-order valence-corrected chi connectivity index (χ4v) is 3.65. The lowest BCUT2D eigenvalue weighted by molar-refractivity contribution is -0.137. The Morgan fingerprint density at radius 3 is 2.50 bits per heavy atom. The Balaban J connectivity index is 1.76. The maximum Gasteiger partial charge on any atom is 0.326 e. The average molecular weight is 352 g/mol. The van der Waals surface area contributed by atoms with Crippen molar-refractivity contribution in [2.75, 3.05) is 31.5 Å². The van der Waals surface area contributed by atoms with E-state index in [1.807, 2.05) is 4.90 Å². The number of piperazine rings is 1. The van der Waals surface area contributed by atoms with E-state index in [-0.39, 0.29) is 5.91 Å². The fourth-order valence-electron chi connectivity index (χ4n) is 3.32. The number of fused-ring (bicyclic) bond motifs is 1. The van der Waals surface area contributed by atoms with E-state index >= 15 is 0 Å². The summed E-state index contributed by atoms with van der Waals surface area (Å²) in [4.78, 5) is 28.1. The van der Waals surface area contributed by atoms with Crippen molar-refractivity contribution in [2.45, 2.75) is 32.4 Å². The Morgan fingerprint density at radius 2 is 1.92 bits per heavy atom. The predicted molar refractivity (Wildman–Crippen MR) is 92.8 cm³/mol. The number of rotatable bonds is 3. The third-order valence-corrected chi connectivity index (χ3v) is 5.27. The van der Waals surface area contributed by atoms with Gasteiger partial charge in [0.25, 0.3) is 5.91 Å². The molecule has 2 heterocycles. The highest BCUT2D eigenvalue weighted by atomic mass is 35.5. The molecule has 7 heteroatoms. The number of benzene rings is 1. The molecule has 0 saturated carbocycles. The number of halogens is 1. The maximum atomic E-state index is 12.8. The van der Waals surface area contributed by atoms with E-state index in [4.69, 9.17) is 16.7 Å². The molecule has 1 aromatic carbocycles. The highest BCUT2D eigenvalue weighted by molar-refractivity contribution is 6.35. The molecule has 130 valence electrons. The van der Waals surface area contributed by atoms with Crippen LogP contribution in [-0.4, -0.2) is 65.0 Å². The van der Waals surface area contributed by atoms with Gasteiger partial charge in [-0.3, -0.25) is 9.69 Å². The SMILES string of the molecule is CC(C)N1CCN(C(=O)c2ccc3c(c2Cl)CC(C(=O)O)N3)CC1. The molecule has 0 radical (unpaired) electrons. The smallest absolute Gasteiger partial charge is 0.326 e. The summed E-state index contributed by atoms with van der Waals surface area (Å²) in [6.07, 6.45) is 0.297. The van der Waals surface area contributed by atoms with Crippen molar-refractivity contribution in [2.24, 2.45) is 0 Å². The molecule has 6 nitrogen and oxygen atoms in total. The largest absolute Gasteiger partial charge is 0.480 e. The molecule has 1 aromatic rings. The van der Waals surface area contributed by atoms with Gasteiger partial charge in [0.15, 0.2) is 0 Å². The summed E-state index contributed by atoms with van der Waals surface area (Å²) in [6, 6.07) is 3.24. The molecule has 0 aromatic heterocycles. The summed E-state index contributed by atoms with van der Waals surface area (Å²) >= 11 is 6.43. The van der Waals surface area contributed by atoms with Crippen molar-refractivity contribution in [1.29, 1.82) is 0 Å². The van der Waals surface area contributed by atoms with Crippen molar-refractivity contribution in [3.8, 4) is 0 Å². The molecule has 1 amide bonds. The van der Waals surface area contributed by atoms with Gasteiger partial charge in [0.2, 0.25) is 0 Å². The van der Waals surface area contributed by atoms with Crippen LogP contribution < -0.4 is 5.32 Å². The summed E-state index contributed by atoms with van der Waals surface area (Å²) in [5.74, 6) is -0.995. The molecule has 3 rings (SSSR count). The van der Waals surface area contributed by atoms with E-state index in [0.717, 1.165) is 18.7 Å². The Labute approximate surface area is 146 Å².